The van der Waals surface area contributed by atoms with Crippen molar-refractivity contribution in [2.75, 3.05) is 18.0 Å². The fraction of sp³-hybridized carbons (Fsp3) is 0.538. The fourth-order valence-electron chi connectivity index (χ4n) is 3.91. The third-order valence-corrected chi connectivity index (χ3v) is 5.63. The SMILES string of the molecule is CC(C)(C)O.Cc1nc(C)c(-c2ccc(F)c(F)c2)c(N2CCC(C)(C)CC2)c1CC(=O)O. The van der Waals surface area contributed by atoms with E-state index in [2.05, 4.69) is 23.7 Å². The first-order valence-corrected chi connectivity index (χ1v) is 11.2. The molecule has 7 heteroatoms. The lowest BCUT2D eigenvalue weighted by Crippen LogP contribution is -2.38. The van der Waals surface area contributed by atoms with E-state index in [-0.39, 0.29) is 11.8 Å². The molecule has 0 amide bonds. The first-order chi connectivity index (χ1) is 15.1. The lowest BCUT2D eigenvalue weighted by molar-refractivity contribution is -0.136. The number of aromatic nitrogens is 1. The number of nitrogens with zero attached hydrogens (tertiary/aromatic N) is 2. The zero-order valence-electron chi connectivity index (χ0n) is 20.7. The third-order valence-electron chi connectivity index (χ3n) is 5.63. The van der Waals surface area contributed by atoms with Crippen LogP contribution in [0, 0.1) is 30.9 Å². The molecule has 0 aliphatic carbocycles. The Hall–Kier alpha value is -2.54. The van der Waals surface area contributed by atoms with Crippen LogP contribution in [0.25, 0.3) is 11.1 Å². The van der Waals surface area contributed by atoms with Crippen molar-refractivity contribution in [3.8, 4) is 11.1 Å². The largest absolute Gasteiger partial charge is 0.481 e. The molecule has 1 aromatic carbocycles. The van der Waals surface area contributed by atoms with E-state index in [4.69, 9.17) is 5.11 Å². The summed E-state index contributed by atoms with van der Waals surface area (Å²) >= 11 is 0. The molecule has 1 saturated heterocycles. The zero-order chi connectivity index (χ0) is 25.1. The number of aliphatic hydroxyl groups is 1. The molecule has 2 heterocycles. The molecular weight excluding hydrogens is 426 g/mol. The standard InChI is InChI=1S/C22H26F2N2O2.C4H10O/c1-13-16(12-19(27)28)21(26-9-7-22(3,4)8-10-26)20(14(2)25-13)15-5-6-17(23)18(24)11-15;1-4(2,3)5/h5-6,11H,7-10,12H2,1-4H3,(H,27,28);5H,1-3H3. The van der Waals surface area contributed by atoms with Gasteiger partial charge in [0, 0.05) is 35.6 Å². The van der Waals surface area contributed by atoms with E-state index in [1.54, 1.807) is 27.7 Å². The summed E-state index contributed by atoms with van der Waals surface area (Å²) in [5.74, 6) is -2.78. The van der Waals surface area contributed by atoms with Crippen LogP contribution in [0.1, 0.15) is 64.4 Å². The number of rotatable bonds is 4. The van der Waals surface area contributed by atoms with Crippen LogP contribution in [-0.2, 0) is 11.2 Å². The molecular formula is C26H36F2N2O3. The Morgan fingerprint density at radius 2 is 1.64 bits per heavy atom. The molecule has 1 aromatic heterocycles. The van der Waals surface area contributed by atoms with Crippen LogP contribution in [0.15, 0.2) is 18.2 Å². The van der Waals surface area contributed by atoms with E-state index in [1.165, 1.54) is 6.07 Å². The van der Waals surface area contributed by atoms with Gasteiger partial charge < -0.3 is 15.1 Å². The van der Waals surface area contributed by atoms with Gasteiger partial charge in [0.05, 0.1) is 17.7 Å². The Labute approximate surface area is 195 Å². The van der Waals surface area contributed by atoms with Gasteiger partial charge in [-0.25, -0.2) is 8.78 Å². The minimum absolute atomic E-state index is 0.162. The van der Waals surface area contributed by atoms with Crippen molar-refractivity contribution < 1.29 is 23.8 Å². The first-order valence-electron chi connectivity index (χ1n) is 11.2. The van der Waals surface area contributed by atoms with Gasteiger partial charge in [0.15, 0.2) is 11.6 Å². The highest BCUT2D eigenvalue weighted by atomic mass is 19.2. The minimum Gasteiger partial charge on any atom is -0.481 e. The first kappa shape index (κ1) is 26.7. The number of pyridine rings is 1. The second kappa shape index (κ2) is 10.2. The smallest absolute Gasteiger partial charge is 0.307 e. The zero-order valence-corrected chi connectivity index (χ0v) is 20.7. The molecule has 0 atom stereocenters. The van der Waals surface area contributed by atoms with Crippen LogP contribution >= 0.6 is 0 Å². The second-order valence-corrected chi connectivity index (χ2v) is 10.5. The average Bonchev–Trinajstić information content (AvgIpc) is 2.65. The molecule has 1 aliphatic heterocycles. The van der Waals surface area contributed by atoms with E-state index in [1.807, 2.05) is 6.92 Å². The number of carboxylic acid groups (broad SMARTS) is 1. The summed E-state index contributed by atoms with van der Waals surface area (Å²) in [6.45, 7) is 14.9. The van der Waals surface area contributed by atoms with Crippen molar-refractivity contribution >= 4 is 11.7 Å². The van der Waals surface area contributed by atoms with Crippen LogP contribution < -0.4 is 4.90 Å². The Balaban J connectivity index is 0.000000696. The molecule has 0 unspecified atom stereocenters. The molecule has 0 spiro atoms. The number of aryl methyl sites for hydroxylation is 2. The molecule has 5 nitrogen and oxygen atoms in total. The van der Waals surface area contributed by atoms with Gasteiger partial charge in [-0.05, 0) is 70.6 Å². The minimum atomic E-state index is -0.941. The maximum atomic E-state index is 14.0. The number of aliphatic carboxylic acids is 1. The number of benzene rings is 1. The normalized spacial score (nSPS) is 15.6. The topological polar surface area (TPSA) is 73.7 Å². The van der Waals surface area contributed by atoms with Gasteiger partial charge in [0.2, 0.25) is 0 Å². The van der Waals surface area contributed by atoms with Crippen LogP contribution in [-0.4, -0.2) is 39.9 Å². The number of carboxylic acids is 1. The van der Waals surface area contributed by atoms with E-state index in [9.17, 15) is 18.7 Å². The van der Waals surface area contributed by atoms with Gasteiger partial charge in [-0.15, -0.1) is 0 Å². The second-order valence-electron chi connectivity index (χ2n) is 10.5. The molecule has 1 aliphatic rings. The van der Waals surface area contributed by atoms with Crippen LogP contribution in [0.3, 0.4) is 0 Å². The van der Waals surface area contributed by atoms with Crippen LogP contribution in [0.2, 0.25) is 0 Å². The predicted octanol–water partition coefficient (Wildman–Crippen LogP) is 5.67. The Morgan fingerprint density at radius 3 is 2.12 bits per heavy atom. The Morgan fingerprint density at radius 1 is 1.09 bits per heavy atom. The quantitative estimate of drug-likeness (QED) is 0.612. The van der Waals surface area contributed by atoms with Crippen molar-refractivity contribution in [3.05, 3.63) is 46.8 Å². The van der Waals surface area contributed by atoms with E-state index in [0.717, 1.165) is 43.8 Å². The van der Waals surface area contributed by atoms with Crippen LogP contribution in [0.4, 0.5) is 14.5 Å². The predicted molar refractivity (Wildman–Crippen MR) is 128 cm³/mol. The monoisotopic (exact) mass is 462 g/mol. The van der Waals surface area contributed by atoms with Crippen molar-refractivity contribution in [2.45, 2.75) is 73.3 Å². The number of anilines is 1. The Kier molecular flexibility index (Phi) is 8.22. The van der Waals surface area contributed by atoms with E-state index in [0.29, 0.717) is 28.1 Å². The number of hydrogen-bond donors (Lipinski definition) is 2. The Bertz CT molecular complexity index is 998. The highest BCUT2D eigenvalue weighted by Crippen LogP contribution is 2.41. The number of halogens is 2. The molecule has 182 valence electrons. The maximum absolute atomic E-state index is 14.0. The van der Waals surface area contributed by atoms with Gasteiger partial charge in [-0.3, -0.25) is 9.78 Å². The molecule has 0 radical (unpaired) electrons. The lowest BCUT2D eigenvalue weighted by atomic mass is 9.82. The van der Waals surface area contributed by atoms with Crippen molar-refractivity contribution in [2.24, 2.45) is 5.41 Å². The number of piperidine rings is 1. The van der Waals surface area contributed by atoms with Crippen LogP contribution in [0.5, 0.6) is 0 Å². The lowest BCUT2D eigenvalue weighted by Gasteiger charge is -2.40. The van der Waals surface area contributed by atoms with Crippen molar-refractivity contribution in [1.29, 1.82) is 0 Å². The van der Waals surface area contributed by atoms with E-state index < -0.39 is 23.2 Å². The average molecular weight is 463 g/mol. The van der Waals surface area contributed by atoms with Gasteiger partial charge >= 0.3 is 5.97 Å². The highest BCUT2D eigenvalue weighted by Gasteiger charge is 2.30. The molecule has 2 N–H and O–H groups in total. The highest BCUT2D eigenvalue weighted by molar-refractivity contribution is 5.86. The maximum Gasteiger partial charge on any atom is 0.307 e. The summed E-state index contributed by atoms with van der Waals surface area (Å²) in [6, 6.07) is 3.79. The molecule has 0 saturated carbocycles. The summed E-state index contributed by atoms with van der Waals surface area (Å²) in [4.78, 5) is 18.2. The van der Waals surface area contributed by atoms with Gasteiger partial charge in [-0.1, -0.05) is 19.9 Å². The summed E-state index contributed by atoms with van der Waals surface area (Å²) in [5.41, 5.74) is 3.67. The van der Waals surface area contributed by atoms with Gasteiger partial charge in [0.25, 0.3) is 0 Å². The summed E-state index contributed by atoms with van der Waals surface area (Å²) in [6.07, 6.45) is 1.78. The number of hydrogen-bond acceptors (Lipinski definition) is 4. The molecule has 0 bridgehead atoms. The summed E-state index contributed by atoms with van der Waals surface area (Å²) < 4.78 is 27.5. The fourth-order valence-corrected chi connectivity index (χ4v) is 3.91. The van der Waals surface area contributed by atoms with E-state index >= 15 is 0 Å². The summed E-state index contributed by atoms with van der Waals surface area (Å²) in [5, 5.41) is 18.0. The summed E-state index contributed by atoms with van der Waals surface area (Å²) in [7, 11) is 0. The van der Waals surface area contributed by atoms with Gasteiger partial charge in [-0.2, -0.15) is 0 Å². The number of carbonyl (C=O) groups is 1. The molecule has 2 aromatic rings. The molecule has 1 fully saturated rings. The third kappa shape index (κ3) is 7.49. The molecule has 3 rings (SSSR count). The van der Waals surface area contributed by atoms with Crippen molar-refractivity contribution in [1.82, 2.24) is 4.98 Å². The molecule has 33 heavy (non-hydrogen) atoms. The van der Waals surface area contributed by atoms with Crippen molar-refractivity contribution in [3.63, 3.8) is 0 Å². The van der Waals surface area contributed by atoms with Gasteiger partial charge in [0.1, 0.15) is 0 Å².